The van der Waals surface area contributed by atoms with Crippen molar-refractivity contribution < 1.29 is 4.79 Å². The molecule has 2 aliphatic rings. The average Bonchev–Trinajstić information content (AvgIpc) is 2.77. The lowest BCUT2D eigenvalue weighted by Crippen LogP contribution is -2.55. The molecule has 0 aromatic heterocycles. The third kappa shape index (κ3) is 4.28. The molecule has 3 rings (SSSR count). The van der Waals surface area contributed by atoms with Gasteiger partial charge in [-0.3, -0.25) is 9.69 Å². The second-order valence-corrected chi connectivity index (χ2v) is 6.65. The number of fused-ring (bicyclic) bond motifs is 2. The number of amides is 1. The topological polar surface area (TPSA) is 23.6 Å². The van der Waals surface area contributed by atoms with Gasteiger partial charge in [-0.05, 0) is 30.5 Å². The fourth-order valence-corrected chi connectivity index (χ4v) is 3.88. The third-order valence-corrected chi connectivity index (χ3v) is 4.91. The van der Waals surface area contributed by atoms with Gasteiger partial charge in [-0.1, -0.05) is 42.8 Å². The zero-order valence-corrected chi connectivity index (χ0v) is 15.0. The fourth-order valence-electron chi connectivity index (χ4n) is 3.68. The Hall–Kier alpha value is -1.03. The van der Waals surface area contributed by atoms with Crippen LogP contribution in [0.1, 0.15) is 31.7 Å². The van der Waals surface area contributed by atoms with Gasteiger partial charge in [0.1, 0.15) is 0 Å². The second kappa shape index (κ2) is 8.18. The predicted octanol–water partition coefficient (Wildman–Crippen LogP) is 3.86. The number of carbonyl (C=O) groups excluding carboxylic acids is 1. The summed E-state index contributed by atoms with van der Waals surface area (Å²) in [6.07, 6.45) is 7.26. The zero-order valence-electron chi connectivity index (χ0n) is 13.5. The van der Waals surface area contributed by atoms with Crippen molar-refractivity contribution in [1.82, 2.24) is 9.80 Å². The molecule has 2 aliphatic heterocycles. The van der Waals surface area contributed by atoms with Gasteiger partial charge in [0.2, 0.25) is 5.91 Å². The molecular formula is C18H24Cl2N2O. The number of nitrogens with zero attached hydrogens (tertiary/aromatic N) is 2. The van der Waals surface area contributed by atoms with E-state index in [0.717, 1.165) is 43.1 Å². The number of rotatable bonds is 4. The molecule has 0 saturated carbocycles. The molecule has 0 aliphatic carbocycles. The molecule has 23 heavy (non-hydrogen) atoms. The molecule has 0 N–H and O–H groups in total. The first kappa shape index (κ1) is 18.3. The monoisotopic (exact) mass is 354 g/mol. The molecule has 126 valence electrons. The molecular weight excluding hydrogens is 331 g/mol. The maximum atomic E-state index is 12.0. The summed E-state index contributed by atoms with van der Waals surface area (Å²) in [6, 6.07) is 8.73. The van der Waals surface area contributed by atoms with E-state index in [1.807, 2.05) is 25.1 Å². The van der Waals surface area contributed by atoms with E-state index in [-0.39, 0.29) is 12.4 Å². The lowest BCUT2D eigenvalue weighted by Gasteiger charge is -2.40. The fraction of sp³-hybridized carbons (Fsp3) is 0.500. The number of likely N-dealkylation sites (tertiary alicyclic amines) is 1. The van der Waals surface area contributed by atoms with Crippen molar-refractivity contribution >= 4 is 36.0 Å². The van der Waals surface area contributed by atoms with Crippen LogP contribution in [-0.2, 0) is 4.79 Å². The van der Waals surface area contributed by atoms with Crippen molar-refractivity contribution in [2.45, 2.75) is 38.3 Å². The predicted molar refractivity (Wildman–Crippen MR) is 98.1 cm³/mol. The van der Waals surface area contributed by atoms with Gasteiger partial charge in [-0.2, -0.15) is 0 Å². The minimum Gasteiger partial charge on any atom is -0.334 e. The highest BCUT2D eigenvalue weighted by Crippen LogP contribution is 2.30. The number of piperazine rings is 1. The van der Waals surface area contributed by atoms with Gasteiger partial charge in [0.05, 0.1) is 0 Å². The molecule has 5 heteroatoms. The summed E-state index contributed by atoms with van der Waals surface area (Å²) in [5.41, 5.74) is 1.13. The van der Waals surface area contributed by atoms with Crippen LogP contribution in [0, 0.1) is 0 Å². The van der Waals surface area contributed by atoms with Crippen LogP contribution in [0.25, 0.3) is 6.08 Å². The number of carbonyl (C=O) groups is 1. The SMILES string of the molecule is CCC(=O)N1C2CCC1CN(C/C=C/c1cccc(Cl)c1)C2.Cl. The second-order valence-electron chi connectivity index (χ2n) is 6.22. The lowest BCUT2D eigenvalue weighted by atomic mass is 10.1. The molecule has 1 aromatic rings. The first-order valence-electron chi connectivity index (χ1n) is 8.13. The van der Waals surface area contributed by atoms with E-state index in [1.54, 1.807) is 0 Å². The molecule has 0 radical (unpaired) electrons. The van der Waals surface area contributed by atoms with Crippen LogP contribution >= 0.6 is 24.0 Å². The van der Waals surface area contributed by atoms with Gasteiger partial charge in [-0.25, -0.2) is 0 Å². The minimum absolute atomic E-state index is 0. The highest BCUT2D eigenvalue weighted by atomic mass is 35.5. The molecule has 2 saturated heterocycles. The molecule has 2 heterocycles. The van der Waals surface area contributed by atoms with Gasteiger partial charge in [0.15, 0.2) is 0 Å². The highest BCUT2D eigenvalue weighted by molar-refractivity contribution is 6.30. The van der Waals surface area contributed by atoms with Crippen molar-refractivity contribution in [2.24, 2.45) is 0 Å². The molecule has 2 fully saturated rings. The molecule has 1 amide bonds. The maximum Gasteiger partial charge on any atom is 0.222 e. The summed E-state index contributed by atoms with van der Waals surface area (Å²) >= 11 is 6.00. The quantitative estimate of drug-likeness (QED) is 0.819. The van der Waals surface area contributed by atoms with E-state index in [9.17, 15) is 4.79 Å². The number of hydrogen-bond donors (Lipinski definition) is 0. The summed E-state index contributed by atoms with van der Waals surface area (Å²) < 4.78 is 0. The molecule has 0 spiro atoms. The summed E-state index contributed by atoms with van der Waals surface area (Å²) in [7, 11) is 0. The van der Waals surface area contributed by atoms with Gasteiger partial charge < -0.3 is 4.90 Å². The normalized spacial score (nSPS) is 24.0. The van der Waals surface area contributed by atoms with E-state index in [1.165, 1.54) is 0 Å². The Bertz CT molecular complexity index is 562. The van der Waals surface area contributed by atoms with Crippen LogP contribution in [0.3, 0.4) is 0 Å². The standard InChI is InChI=1S/C18H23ClN2O.ClH/c1-2-18(22)21-16-8-9-17(21)13-20(12-16)10-4-6-14-5-3-7-15(19)11-14;/h3-7,11,16-17H,2,8-10,12-13H2,1H3;1H/b6-4+;. The first-order valence-corrected chi connectivity index (χ1v) is 8.51. The van der Waals surface area contributed by atoms with Gasteiger partial charge in [0, 0.05) is 43.2 Å². The Kier molecular flexibility index (Phi) is 6.51. The Balaban J connectivity index is 0.00000192. The molecule has 3 nitrogen and oxygen atoms in total. The summed E-state index contributed by atoms with van der Waals surface area (Å²) in [4.78, 5) is 16.7. The van der Waals surface area contributed by atoms with Crippen molar-refractivity contribution in [3.05, 3.63) is 40.9 Å². The summed E-state index contributed by atoms with van der Waals surface area (Å²) in [6.45, 7) is 4.90. The maximum absolute atomic E-state index is 12.0. The molecule has 2 bridgehead atoms. The number of hydrogen-bond acceptors (Lipinski definition) is 2. The number of benzene rings is 1. The third-order valence-electron chi connectivity index (χ3n) is 4.67. The van der Waals surface area contributed by atoms with E-state index in [2.05, 4.69) is 28.0 Å². The van der Waals surface area contributed by atoms with Crippen molar-refractivity contribution in [1.29, 1.82) is 0 Å². The Labute approximate surface area is 149 Å². The van der Waals surface area contributed by atoms with Crippen LogP contribution in [0.4, 0.5) is 0 Å². The molecule has 2 atom stereocenters. The molecule has 1 aromatic carbocycles. The van der Waals surface area contributed by atoms with Crippen LogP contribution in [0.5, 0.6) is 0 Å². The van der Waals surface area contributed by atoms with Crippen LogP contribution in [0.15, 0.2) is 30.3 Å². The highest BCUT2D eigenvalue weighted by Gasteiger charge is 2.41. The van der Waals surface area contributed by atoms with Crippen molar-refractivity contribution in [2.75, 3.05) is 19.6 Å². The van der Waals surface area contributed by atoms with Crippen LogP contribution < -0.4 is 0 Å². The number of halogens is 2. The van der Waals surface area contributed by atoms with Crippen molar-refractivity contribution in [3.8, 4) is 0 Å². The largest absolute Gasteiger partial charge is 0.334 e. The summed E-state index contributed by atoms with van der Waals surface area (Å²) in [5.74, 6) is 0.321. The van der Waals surface area contributed by atoms with Crippen molar-refractivity contribution in [3.63, 3.8) is 0 Å². The first-order chi connectivity index (χ1) is 10.7. The Morgan fingerprint density at radius 1 is 1.30 bits per heavy atom. The Morgan fingerprint density at radius 3 is 2.61 bits per heavy atom. The van der Waals surface area contributed by atoms with E-state index in [4.69, 9.17) is 11.6 Å². The van der Waals surface area contributed by atoms with Crippen LogP contribution in [0.2, 0.25) is 5.02 Å². The van der Waals surface area contributed by atoms with Gasteiger partial charge in [0.25, 0.3) is 0 Å². The zero-order chi connectivity index (χ0) is 15.5. The van der Waals surface area contributed by atoms with Crippen LogP contribution in [-0.4, -0.2) is 47.4 Å². The van der Waals surface area contributed by atoms with E-state index >= 15 is 0 Å². The lowest BCUT2D eigenvalue weighted by molar-refractivity contribution is -0.136. The smallest absolute Gasteiger partial charge is 0.222 e. The van der Waals surface area contributed by atoms with E-state index in [0.29, 0.717) is 24.4 Å². The van der Waals surface area contributed by atoms with E-state index < -0.39 is 0 Å². The Morgan fingerprint density at radius 2 is 2.00 bits per heavy atom. The average molecular weight is 355 g/mol. The van der Waals surface area contributed by atoms with Gasteiger partial charge >= 0.3 is 0 Å². The molecule has 2 unspecified atom stereocenters. The summed E-state index contributed by atoms with van der Waals surface area (Å²) in [5, 5.41) is 0.770. The van der Waals surface area contributed by atoms with Gasteiger partial charge in [-0.15, -0.1) is 12.4 Å². The minimum atomic E-state index is 0.